The Hall–Kier alpha value is -0.990. The van der Waals surface area contributed by atoms with Crippen LogP contribution < -0.4 is 5.32 Å². The number of aromatic nitrogens is 3. The highest BCUT2D eigenvalue weighted by Gasteiger charge is 2.25. The van der Waals surface area contributed by atoms with E-state index in [1.165, 1.54) is 6.26 Å². The van der Waals surface area contributed by atoms with Crippen LogP contribution in [-0.4, -0.2) is 60.2 Å². The molecule has 0 spiro atoms. The summed E-state index contributed by atoms with van der Waals surface area (Å²) in [5.74, 6) is 0.421. The number of aryl methyl sites for hydroxylation is 1. The van der Waals surface area contributed by atoms with Gasteiger partial charge in [-0.1, -0.05) is 5.21 Å². The molecule has 114 valence electrons. The summed E-state index contributed by atoms with van der Waals surface area (Å²) in [6.07, 6.45) is 7.87. The van der Waals surface area contributed by atoms with Crippen LogP contribution in [0.3, 0.4) is 0 Å². The summed E-state index contributed by atoms with van der Waals surface area (Å²) in [7, 11) is -3.04. The van der Waals surface area contributed by atoms with Crippen molar-refractivity contribution in [1.82, 2.24) is 24.6 Å². The van der Waals surface area contributed by atoms with E-state index in [9.17, 15) is 8.42 Å². The van der Waals surface area contributed by atoms with Crippen LogP contribution in [0.15, 0.2) is 12.4 Å². The first-order valence-electron chi connectivity index (χ1n) is 7.05. The van der Waals surface area contributed by atoms with Gasteiger partial charge < -0.3 is 5.32 Å². The van der Waals surface area contributed by atoms with Gasteiger partial charge in [0.15, 0.2) is 0 Å². The summed E-state index contributed by atoms with van der Waals surface area (Å²) in [4.78, 5) is 0. The molecule has 20 heavy (non-hydrogen) atoms. The second-order valence-corrected chi connectivity index (χ2v) is 7.34. The number of hydrogen-bond acceptors (Lipinski definition) is 5. The normalized spacial score (nSPS) is 21.1. The molecule has 0 bridgehead atoms. The number of hydrogen-bond donors (Lipinski definition) is 1. The maximum Gasteiger partial charge on any atom is 0.211 e. The van der Waals surface area contributed by atoms with Crippen molar-refractivity contribution in [2.24, 2.45) is 5.92 Å². The third-order valence-corrected chi connectivity index (χ3v) is 4.87. The van der Waals surface area contributed by atoms with Crippen molar-refractivity contribution < 1.29 is 8.42 Å². The van der Waals surface area contributed by atoms with Gasteiger partial charge in [-0.05, 0) is 38.3 Å². The van der Waals surface area contributed by atoms with Gasteiger partial charge in [0, 0.05) is 25.8 Å². The van der Waals surface area contributed by atoms with Crippen LogP contribution in [-0.2, 0) is 16.6 Å². The Labute approximate surface area is 120 Å². The monoisotopic (exact) mass is 301 g/mol. The molecule has 2 heterocycles. The Morgan fingerprint density at radius 2 is 2.30 bits per heavy atom. The van der Waals surface area contributed by atoms with Crippen LogP contribution >= 0.6 is 0 Å². The lowest BCUT2D eigenvalue weighted by Crippen LogP contribution is -2.42. The van der Waals surface area contributed by atoms with Crippen LogP contribution in [0.1, 0.15) is 19.3 Å². The van der Waals surface area contributed by atoms with Gasteiger partial charge in [-0.25, -0.2) is 12.7 Å². The van der Waals surface area contributed by atoms with Gasteiger partial charge >= 0.3 is 0 Å². The van der Waals surface area contributed by atoms with E-state index >= 15 is 0 Å². The Kier molecular flexibility index (Phi) is 5.50. The lowest BCUT2D eigenvalue weighted by atomic mass is 10.00. The molecule has 1 atom stereocenters. The molecule has 0 saturated carbocycles. The van der Waals surface area contributed by atoms with Crippen molar-refractivity contribution in [3.05, 3.63) is 12.4 Å². The zero-order chi connectivity index (χ0) is 14.4. The minimum Gasteiger partial charge on any atom is -0.316 e. The predicted molar refractivity (Wildman–Crippen MR) is 76.6 cm³/mol. The van der Waals surface area contributed by atoms with Gasteiger partial charge in [-0.15, -0.1) is 5.10 Å². The molecule has 0 aliphatic carbocycles. The SMILES string of the molecule is CS(=O)(=O)N1CCCC(CNCCCn2ccnn2)C1. The smallest absolute Gasteiger partial charge is 0.211 e. The Balaban J connectivity index is 1.61. The summed E-state index contributed by atoms with van der Waals surface area (Å²) in [5, 5.41) is 11.1. The first-order chi connectivity index (χ1) is 9.55. The fraction of sp³-hybridized carbons (Fsp3) is 0.833. The molecule has 0 aromatic carbocycles. The predicted octanol–water partition coefficient (Wildman–Crippen LogP) is -0.0706. The number of sulfonamides is 1. The highest BCUT2D eigenvalue weighted by molar-refractivity contribution is 7.88. The molecule has 1 unspecified atom stereocenters. The van der Waals surface area contributed by atoms with Crippen LogP contribution in [0.2, 0.25) is 0 Å². The molecule has 1 aliphatic heterocycles. The number of rotatable bonds is 7. The molecule has 1 saturated heterocycles. The number of nitrogens with one attached hydrogen (secondary N) is 1. The van der Waals surface area contributed by atoms with Crippen molar-refractivity contribution in [1.29, 1.82) is 0 Å². The molecule has 2 rings (SSSR count). The van der Waals surface area contributed by atoms with E-state index in [0.717, 1.165) is 38.9 Å². The third kappa shape index (κ3) is 4.84. The van der Waals surface area contributed by atoms with Crippen molar-refractivity contribution in [3.63, 3.8) is 0 Å². The lowest BCUT2D eigenvalue weighted by molar-refractivity contribution is 0.261. The van der Waals surface area contributed by atoms with Gasteiger partial charge in [0.25, 0.3) is 0 Å². The van der Waals surface area contributed by atoms with Crippen LogP contribution in [0.25, 0.3) is 0 Å². The van der Waals surface area contributed by atoms with Gasteiger partial charge in [0.1, 0.15) is 0 Å². The second-order valence-electron chi connectivity index (χ2n) is 5.35. The zero-order valence-electron chi connectivity index (χ0n) is 11.9. The average molecular weight is 301 g/mol. The van der Waals surface area contributed by atoms with Crippen molar-refractivity contribution >= 4 is 10.0 Å². The molecular weight excluding hydrogens is 278 g/mol. The largest absolute Gasteiger partial charge is 0.316 e. The molecule has 1 aliphatic rings. The average Bonchev–Trinajstić information content (AvgIpc) is 2.91. The molecular formula is C12H23N5O2S. The Bertz CT molecular complexity index is 488. The Morgan fingerprint density at radius 3 is 3.00 bits per heavy atom. The van der Waals surface area contributed by atoms with E-state index in [1.807, 2.05) is 10.9 Å². The summed E-state index contributed by atoms with van der Waals surface area (Å²) in [6.45, 7) is 3.96. The number of piperidine rings is 1. The van der Waals surface area contributed by atoms with E-state index in [2.05, 4.69) is 15.6 Å². The van der Waals surface area contributed by atoms with E-state index in [-0.39, 0.29) is 0 Å². The zero-order valence-corrected chi connectivity index (χ0v) is 12.7. The fourth-order valence-electron chi connectivity index (χ4n) is 2.52. The van der Waals surface area contributed by atoms with Crippen molar-refractivity contribution in [2.75, 3.05) is 32.4 Å². The van der Waals surface area contributed by atoms with Gasteiger partial charge in [-0.3, -0.25) is 4.68 Å². The van der Waals surface area contributed by atoms with Gasteiger partial charge in [0.2, 0.25) is 10.0 Å². The summed E-state index contributed by atoms with van der Waals surface area (Å²) in [5.41, 5.74) is 0. The summed E-state index contributed by atoms with van der Waals surface area (Å²) < 4.78 is 26.5. The minimum atomic E-state index is -3.04. The highest BCUT2D eigenvalue weighted by Crippen LogP contribution is 2.17. The first-order valence-corrected chi connectivity index (χ1v) is 8.90. The molecule has 7 nitrogen and oxygen atoms in total. The van der Waals surface area contributed by atoms with Crippen molar-refractivity contribution in [3.8, 4) is 0 Å². The lowest BCUT2D eigenvalue weighted by Gasteiger charge is -2.31. The maximum atomic E-state index is 11.5. The van der Waals surface area contributed by atoms with Crippen LogP contribution in [0, 0.1) is 5.92 Å². The molecule has 1 aromatic rings. The second kappa shape index (κ2) is 7.14. The summed E-state index contributed by atoms with van der Waals surface area (Å²) >= 11 is 0. The maximum absolute atomic E-state index is 11.5. The topological polar surface area (TPSA) is 80.1 Å². The standard InChI is InChI=1S/C12H23N5O2S/c1-20(18,19)17-8-2-4-12(11-17)10-13-5-3-7-16-9-6-14-15-16/h6,9,12-13H,2-5,7-8,10-11H2,1H3. The van der Waals surface area contributed by atoms with Gasteiger partial charge in [-0.2, -0.15) is 0 Å². The summed E-state index contributed by atoms with van der Waals surface area (Å²) in [6, 6.07) is 0. The Morgan fingerprint density at radius 1 is 1.45 bits per heavy atom. The third-order valence-electron chi connectivity index (χ3n) is 3.60. The quantitative estimate of drug-likeness (QED) is 0.713. The van der Waals surface area contributed by atoms with Gasteiger partial charge in [0.05, 0.1) is 12.5 Å². The van der Waals surface area contributed by atoms with Crippen LogP contribution in [0.5, 0.6) is 0 Å². The van der Waals surface area contributed by atoms with E-state index < -0.39 is 10.0 Å². The molecule has 8 heteroatoms. The van der Waals surface area contributed by atoms with E-state index in [0.29, 0.717) is 19.0 Å². The number of nitrogens with zero attached hydrogens (tertiary/aromatic N) is 4. The molecule has 1 N–H and O–H groups in total. The fourth-order valence-corrected chi connectivity index (χ4v) is 3.46. The minimum absolute atomic E-state index is 0.421. The van der Waals surface area contributed by atoms with Crippen LogP contribution in [0.4, 0.5) is 0 Å². The highest BCUT2D eigenvalue weighted by atomic mass is 32.2. The molecule has 0 radical (unpaired) electrons. The molecule has 1 fully saturated rings. The van der Waals surface area contributed by atoms with Crippen molar-refractivity contribution in [2.45, 2.75) is 25.8 Å². The molecule has 0 amide bonds. The first kappa shape index (κ1) is 15.4. The van der Waals surface area contributed by atoms with E-state index in [4.69, 9.17) is 0 Å². The van der Waals surface area contributed by atoms with E-state index in [1.54, 1.807) is 10.5 Å². The molecule has 1 aromatic heterocycles.